The second-order valence-electron chi connectivity index (χ2n) is 7.50. The van der Waals surface area contributed by atoms with Crippen molar-refractivity contribution in [3.8, 4) is 0 Å². The quantitative estimate of drug-likeness (QED) is 0.741. The fourth-order valence-corrected chi connectivity index (χ4v) is 4.14. The van der Waals surface area contributed by atoms with Crippen molar-refractivity contribution in [2.24, 2.45) is 0 Å². The first-order valence-electron chi connectivity index (χ1n) is 9.17. The number of hydrogen-bond donors (Lipinski definition) is 2. The Kier molecular flexibility index (Phi) is 4.97. The Morgan fingerprint density at radius 2 is 1.96 bits per heavy atom. The molecule has 7 heteroatoms. The first-order valence-corrected chi connectivity index (χ1v) is 9.97. The summed E-state index contributed by atoms with van der Waals surface area (Å²) in [4.78, 5) is 26.8. The van der Waals surface area contributed by atoms with E-state index in [2.05, 4.69) is 21.2 Å². The molecule has 1 atom stereocenters. The van der Waals surface area contributed by atoms with Gasteiger partial charge in [0.2, 0.25) is 5.91 Å². The zero-order chi connectivity index (χ0) is 19.9. The maximum absolute atomic E-state index is 13.0. The zero-order valence-corrected chi connectivity index (χ0v) is 16.7. The van der Waals surface area contributed by atoms with Crippen LogP contribution in [0, 0.1) is 5.82 Å². The van der Waals surface area contributed by atoms with Gasteiger partial charge in [0, 0.05) is 28.5 Å². The van der Waals surface area contributed by atoms with Gasteiger partial charge in [-0.25, -0.2) is 4.39 Å². The molecule has 1 heterocycles. The van der Waals surface area contributed by atoms with Crippen LogP contribution in [0.5, 0.6) is 0 Å². The van der Waals surface area contributed by atoms with Crippen LogP contribution in [0.2, 0.25) is 0 Å². The third-order valence-corrected chi connectivity index (χ3v) is 5.99. The summed E-state index contributed by atoms with van der Waals surface area (Å²) in [6.45, 7) is 0.483. The van der Waals surface area contributed by atoms with Crippen molar-refractivity contribution in [3.05, 3.63) is 69.4 Å². The van der Waals surface area contributed by atoms with Gasteiger partial charge in [-0.3, -0.25) is 9.59 Å². The van der Waals surface area contributed by atoms with Crippen molar-refractivity contribution >= 4 is 27.7 Å². The number of rotatable bonds is 5. The minimum absolute atomic E-state index is 0.00116. The van der Waals surface area contributed by atoms with Gasteiger partial charge in [0.25, 0.3) is 5.91 Å². The van der Waals surface area contributed by atoms with Crippen LogP contribution in [0.4, 0.5) is 4.39 Å². The smallest absolute Gasteiger partial charge is 0.254 e. The number of nitrogens with one attached hydrogen (secondary N) is 1. The Morgan fingerprint density at radius 3 is 2.64 bits per heavy atom. The summed E-state index contributed by atoms with van der Waals surface area (Å²) in [5.74, 6) is -0.856. The lowest BCUT2D eigenvalue weighted by molar-refractivity contribution is -0.122. The van der Waals surface area contributed by atoms with Crippen LogP contribution < -0.4 is 5.32 Å². The predicted molar refractivity (Wildman–Crippen MR) is 105 cm³/mol. The normalized spacial score (nSPS) is 18.0. The molecule has 0 aromatic heterocycles. The number of aliphatic hydroxyl groups is 1. The lowest BCUT2D eigenvalue weighted by Gasteiger charge is -2.34. The number of hydrogen-bond acceptors (Lipinski definition) is 3. The van der Waals surface area contributed by atoms with Crippen molar-refractivity contribution < 1.29 is 19.1 Å². The first kappa shape index (κ1) is 19.1. The van der Waals surface area contributed by atoms with E-state index >= 15 is 0 Å². The molecule has 1 fully saturated rings. The Hall–Kier alpha value is -2.25. The third-order valence-electron chi connectivity index (χ3n) is 5.50. The number of benzene rings is 2. The van der Waals surface area contributed by atoms with Crippen LogP contribution in [-0.4, -0.2) is 41.5 Å². The number of carbonyl (C=O) groups excluding carboxylic acids is 2. The summed E-state index contributed by atoms with van der Waals surface area (Å²) in [7, 11) is 0. The topological polar surface area (TPSA) is 69.6 Å². The highest BCUT2D eigenvalue weighted by Crippen LogP contribution is 2.52. The highest BCUT2D eigenvalue weighted by Gasteiger charge is 2.51. The molecule has 2 aromatic carbocycles. The Bertz CT molecular complexity index is 928. The van der Waals surface area contributed by atoms with Crippen molar-refractivity contribution in [2.75, 3.05) is 19.6 Å². The van der Waals surface area contributed by atoms with Crippen LogP contribution in [0.25, 0.3) is 0 Å². The lowest BCUT2D eigenvalue weighted by Crippen LogP contribution is -2.48. The van der Waals surface area contributed by atoms with Crippen LogP contribution in [0.3, 0.4) is 0 Å². The molecular weight excluding hydrogens is 427 g/mol. The number of aliphatic hydroxyl groups excluding tert-OH is 1. The van der Waals surface area contributed by atoms with E-state index in [0.717, 1.165) is 22.9 Å². The van der Waals surface area contributed by atoms with E-state index in [9.17, 15) is 19.1 Å². The molecule has 2 amide bonds. The summed E-state index contributed by atoms with van der Waals surface area (Å²) in [5, 5.41) is 12.8. The second-order valence-corrected chi connectivity index (χ2v) is 8.42. The molecule has 146 valence electrons. The molecule has 5 nitrogen and oxygen atoms in total. The summed E-state index contributed by atoms with van der Waals surface area (Å²) >= 11 is 3.47. The molecule has 0 radical (unpaired) electrons. The maximum Gasteiger partial charge on any atom is 0.254 e. The summed E-state index contributed by atoms with van der Waals surface area (Å²) in [6, 6.07) is 11.1. The van der Waals surface area contributed by atoms with Gasteiger partial charge in [-0.2, -0.15) is 0 Å². The molecule has 1 spiro atoms. The average molecular weight is 447 g/mol. The minimum atomic E-state index is -0.936. The first-order chi connectivity index (χ1) is 13.4. The zero-order valence-electron chi connectivity index (χ0n) is 15.1. The monoisotopic (exact) mass is 446 g/mol. The van der Waals surface area contributed by atoms with E-state index < -0.39 is 6.10 Å². The highest BCUT2D eigenvalue weighted by molar-refractivity contribution is 9.10. The van der Waals surface area contributed by atoms with Gasteiger partial charge < -0.3 is 15.3 Å². The summed E-state index contributed by atoms with van der Waals surface area (Å²) < 4.78 is 13.9. The maximum atomic E-state index is 13.0. The molecule has 1 aliphatic heterocycles. The predicted octanol–water partition coefficient (Wildman–Crippen LogP) is 2.93. The fraction of sp³-hybridized carbons (Fsp3) is 0.333. The Balaban J connectivity index is 1.39. The van der Waals surface area contributed by atoms with Crippen molar-refractivity contribution in [1.82, 2.24) is 10.2 Å². The molecule has 0 saturated heterocycles. The largest absolute Gasteiger partial charge is 0.387 e. The Labute approximate surface area is 170 Å². The second kappa shape index (κ2) is 7.29. The number of carbonyl (C=O) groups is 2. The third kappa shape index (κ3) is 3.69. The van der Waals surface area contributed by atoms with Gasteiger partial charge in [-0.05, 0) is 54.3 Å². The van der Waals surface area contributed by atoms with Crippen LogP contribution in [0.15, 0.2) is 46.9 Å². The lowest BCUT2D eigenvalue weighted by atomic mass is 9.86. The van der Waals surface area contributed by atoms with Crippen molar-refractivity contribution in [2.45, 2.75) is 24.4 Å². The standard InChI is InChI=1S/C21H20BrFN2O3/c22-14-3-6-16-17(9-14)21(7-8-21)12-25(20(16)28)11-19(27)24-10-18(26)13-1-4-15(23)5-2-13/h1-6,9,18,26H,7-8,10-12H2,(H,24,27)/t18-/m1/s1. The number of halogens is 2. The Morgan fingerprint density at radius 1 is 1.25 bits per heavy atom. The number of fused-ring (bicyclic) bond motifs is 2. The molecule has 1 aliphatic carbocycles. The number of amides is 2. The SMILES string of the molecule is O=C(CN1CC2(CC2)c2cc(Br)ccc2C1=O)NC[C@@H](O)c1ccc(F)cc1. The molecule has 0 unspecified atom stereocenters. The summed E-state index contributed by atoms with van der Waals surface area (Å²) in [5.41, 5.74) is 2.20. The van der Waals surface area contributed by atoms with Gasteiger partial charge in [-0.1, -0.05) is 28.1 Å². The highest BCUT2D eigenvalue weighted by atomic mass is 79.9. The van der Waals surface area contributed by atoms with Gasteiger partial charge in [0.15, 0.2) is 0 Å². The van der Waals surface area contributed by atoms with Crippen LogP contribution in [0.1, 0.15) is 40.4 Å². The van der Waals surface area contributed by atoms with Gasteiger partial charge in [0.1, 0.15) is 5.82 Å². The fourth-order valence-electron chi connectivity index (χ4n) is 3.78. The van der Waals surface area contributed by atoms with Gasteiger partial charge in [0.05, 0.1) is 12.6 Å². The van der Waals surface area contributed by atoms with Crippen LogP contribution in [-0.2, 0) is 10.2 Å². The van der Waals surface area contributed by atoms with Crippen LogP contribution >= 0.6 is 15.9 Å². The molecular formula is C21H20BrFN2O3. The molecule has 0 bridgehead atoms. The van der Waals surface area contributed by atoms with Gasteiger partial charge >= 0.3 is 0 Å². The number of nitrogens with zero attached hydrogens (tertiary/aromatic N) is 1. The summed E-state index contributed by atoms with van der Waals surface area (Å²) in [6.07, 6.45) is 1.07. The van der Waals surface area contributed by atoms with Crippen molar-refractivity contribution in [1.29, 1.82) is 0 Å². The molecule has 2 aromatic rings. The average Bonchev–Trinajstić information content (AvgIpc) is 3.45. The molecule has 2 aliphatic rings. The van der Waals surface area contributed by atoms with E-state index in [-0.39, 0.29) is 36.1 Å². The molecule has 4 rings (SSSR count). The van der Waals surface area contributed by atoms with E-state index in [0.29, 0.717) is 17.7 Å². The molecule has 1 saturated carbocycles. The van der Waals surface area contributed by atoms with E-state index in [1.54, 1.807) is 4.90 Å². The van der Waals surface area contributed by atoms with E-state index in [4.69, 9.17) is 0 Å². The molecule has 2 N–H and O–H groups in total. The van der Waals surface area contributed by atoms with Crippen molar-refractivity contribution in [3.63, 3.8) is 0 Å². The van der Waals surface area contributed by atoms with E-state index in [1.165, 1.54) is 24.3 Å². The minimum Gasteiger partial charge on any atom is -0.387 e. The van der Waals surface area contributed by atoms with Gasteiger partial charge in [-0.15, -0.1) is 0 Å². The van der Waals surface area contributed by atoms with E-state index in [1.807, 2.05) is 18.2 Å². The molecule has 28 heavy (non-hydrogen) atoms.